The first-order valence-corrected chi connectivity index (χ1v) is 5.12. The van der Waals surface area contributed by atoms with E-state index in [-0.39, 0.29) is 11.6 Å². The second-order valence-corrected chi connectivity index (χ2v) is 3.51. The Balaban J connectivity index is 2.10. The molecule has 1 aromatic carbocycles. The van der Waals surface area contributed by atoms with Gasteiger partial charge in [0.05, 0.1) is 0 Å². The fraction of sp³-hybridized carbons (Fsp3) is 0.0909. The van der Waals surface area contributed by atoms with Crippen LogP contribution in [0.1, 0.15) is 17.4 Å². The van der Waals surface area contributed by atoms with Gasteiger partial charge in [0.25, 0.3) is 5.91 Å². The van der Waals surface area contributed by atoms with Crippen molar-refractivity contribution in [2.75, 3.05) is 10.6 Å². The largest absolute Gasteiger partial charge is 0.326 e. The van der Waals surface area contributed by atoms with Crippen molar-refractivity contribution in [2.45, 2.75) is 6.92 Å². The Morgan fingerprint density at radius 3 is 2.56 bits per heavy atom. The Hall–Kier alpha value is -2.70. The number of hydrogen-bond donors (Lipinski definition) is 2. The highest BCUT2D eigenvalue weighted by Gasteiger charge is 2.10. The summed E-state index contributed by atoms with van der Waals surface area (Å²) in [5.41, 5.74) is 1.22. The highest BCUT2D eigenvalue weighted by Crippen LogP contribution is 2.15. The van der Waals surface area contributed by atoms with Crippen LogP contribution in [0.3, 0.4) is 0 Å². The molecule has 0 radical (unpaired) electrons. The zero-order valence-corrected chi connectivity index (χ0v) is 9.51. The van der Waals surface area contributed by atoms with Crippen LogP contribution in [0.15, 0.2) is 35.1 Å². The Kier molecular flexibility index (Phi) is 3.33. The van der Waals surface area contributed by atoms with Crippen LogP contribution in [-0.4, -0.2) is 22.1 Å². The van der Waals surface area contributed by atoms with E-state index in [4.69, 9.17) is 0 Å². The van der Waals surface area contributed by atoms with Crippen LogP contribution in [0.4, 0.5) is 11.4 Å². The predicted octanol–water partition coefficient (Wildman–Crippen LogP) is 1.28. The third-order valence-electron chi connectivity index (χ3n) is 2.03. The number of amides is 2. The fourth-order valence-electron chi connectivity index (χ4n) is 1.34. The normalized spacial score (nSPS) is 9.83. The molecule has 0 aliphatic rings. The monoisotopic (exact) mass is 246 g/mol. The van der Waals surface area contributed by atoms with Crippen LogP contribution < -0.4 is 10.6 Å². The van der Waals surface area contributed by atoms with Crippen molar-refractivity contribution in [1.82, 2.24) is 10.3 Å². The van der Waals surface area contributed by atoms with E-state index in [0.717, 1.165) is 0 Å². The highest BCUT2D eigenvalue weighted by atomic mass is 16.6. The molecule has 2 N–H and O–H groups in total. The smallest absolute Gasteiger partial charge is 0.279 e. The Morgan fingerprint density at radius 1 is 1.22 bits per heavy atom. The summed E-state index contributed by atoms with van der Waals surface area (Å²) >= 11 is 0. The molecule has 2 rings (SSSR count). The molecule has 0 fully saturated rings. The maximum Gasteiger partial charge on any atom is 0.279 e. The van der Waals surface area contributed by atoms with Crippen molar-refractivity contribution in [3.63, 3.8) is 0 Å². The van der Waals surface area contributed by atoms with Crippen molar-refractivity contribution in [1.29, 1.82) is 0 Å². The van der Waals surface area contributed by atoms with Gasteiger partial charge in [-0.1, -0.05) is 11.2 Å². The van der Waals surface area contributed by atoms with E-state index >= 15 is 0 Å². The summed E-state index contributed by atoms with van der Waals surface area (Å²) in [6, 6.07) is 6.75. The summed E-state index contributed by atoms with van der Waals surface area (Å²) in [5, 5.41) is 12.0. The molecule has 0 aliphatic heterocycles. The van der Waals surface area contributed by atoms with Crippen molar-refractivity contribution < 1.29 is 14.2 Å². The van der Waals surface area contributed by atoms with Crippen LogP contribution in [0, 0.1) is 0 Å². The first-order valence-electron chi connectivity index (χ1n) is 5.12. The van der Waals surface area contributed by atoms with Gasteiger partial charge in [-0.15, -0.1) is 0 Å². The number of carbonyl (C=O) groups excluding carboxylic acids is 2. The number of benzene rings is 1. The lowest BCUT2D eigenvalue weighted by Gasteiger charge is -2.06. The molecule has 0 unspecified atom stereocenters. The SMILES string of the molecule is CC(=O)Nc1cccc(NC(=O)c2cnon2)c1. The van der Waals surface area contributed by atoms with E-state index in [1.165, 1.54) is 13.1 Å². The third-order valence-corrected chi connectivity index (χ3v) is 2.03. The van der Waals surface area contributed by atoms with Gasteiger partial charge in [-0.25, -0.2) is 4.63 Å². The number of nitrogens with one attached hydrogen (secondary N) is 2. The lowest BCUT2D eigenvalue weighted by Crippen LogP contribution is -2.12. The lowest BCUT2D eigenvalue weighted by molar-refractivity contribution is -0.114. The number of rotatable bonds is 3. The molecule has 0 bridgehead atoms. The molecule has 7 nitrogen and oxygen atoms in total. The summed E-state index contributed by atoms with van der Waals surface area (Å²) < 4.78 is 4.33. The maximum atomic E-state index is 11.6. The van der Waals surface area contributed by atoms with Gasteiger partial charge < -0.3 is 10.6 Å². The van der Waals surface area contributed by atoms with Gasteiger partial charge in [0.2, 0.25) is 5.91 Å². The molecule has 0 atom stereocenters. The lowest BCUT2D eigenvalue weighted by atomic mass is 10.2. The van der Waals surface area contributed by atoms with E-state index in [9.17, 15) is 9.59 Å². The molecule has 1 heterocycles. The molecule has 92 valence electrons. The van der Waals surface area contributed by atoms with Gasteiger partial charge in [-0.3, -0.25) is 9.59 Å². The average Bonchev–Trinajstić information content (AvgIpc) is 2.81. The minimum Gasteiger partial charge on any atom is -0.326 e. The van der Waals surface area contributed by atoms with Crippen molar-refractivity contribution >= 4 is 23.2 Å². The Bertz CT molecular complexity index is 565. The van der Waals surface area contributed by atoms with Crippen LogP contribution in [-0.2, 0) is 4.79 Å². The first-order chi connectivity index (χ1) is 8.65. The molecule has 7 heteroatoms. The third kappa shape index (κ3) is 2.91. The van der Waals surface area contributed by atoms with Gasteiger partial charge in [-0.2, -0.15) is 0 Å². The summed E-state index contributed by atoms with van der Waals surface area (Å²) in [7, 11) is 0. The van der Waals surface area contributed by atoms with Crippen LogP contribution in [0.5, 0.6) is 0 Å². The number of hydrogen-bond acceptors (Lipinski definition) is 5. The van der Waals surface area contributed by atoms with E-state index in [0.29, 0.717) is 11.4 Å². The molecule has 2 aromatic rings. The summed E-state index contributed by atoms with van der Waals surface area (Å²) in [5.74, 6) is -0.615. The van der Waals surface area contributed by atoms with Crippen molar-refractivity contribution in [2.24, 2.45) is 0 Å². The molecule has 0 saturated heterocycles. The topological polar surface area (TPSA) is 97.1 Å². The van der Waals surface area contributed by atoms with Crippen LogP contribution in [0.25, 0.3) is 0 Å². The standard InChI is InChI=1S/C11H10N4O3/c1-7(16)13-8-3-2-4-9(5-8)14-11(17)10-6-12-18-15-10/h2-6H,1H3,(H,13,16)(H,14,17). The average molecular weight is 246 g/mol. The van der Waals surface area contributed by atoms with E-state index in [1.807, 2.05) is 0 Å². The molecule has 0 spiro atoms. The molecule has 1 aromatic heterocycles. The highest BCUT2D eigenvalue weighted by molar-refractivity contribution is 6.03. The number of carbonyl (C=O) groups is 2. The molecular formula is C11H10N4O3. The molecule has 18 heavy (non-hydrogen) atoms. The van der Waals surface area contributed by atoms with Gasteiger partial charge in [-0.05, 0) is 23.4 Å². The number of aromatic nitrogens is 2. The van der Waals surface area contributed by atoms with E-state index < -0.39 is 5.91 Å². The van der Waals surface area contributed by atoms with Crippen molar-refractivity contribution in [3.05, 3.63) is 36.2 Å². The second-order valence-electron chi connectivity index (χ2n) is 3.51. The van der Waals surface area contributed by atoms with Gasteiger partial charge in [0, 0.05) is 18.3 Å². The van der Waals surface area contributed by atoms with Gasteiger partial charge in [0.1, 0.15) is 6.20 Å². The zero-order chi connectivity index (χ0) is 13.0. The molecule has 2 amide bonds. The summed E-state index contributed by atoms with van der Waals surface area (Å²) in [6.07, 6.45) is 1.22. The molecule has 0 aliphatic carbocycles. The zero-order valence-electron chi connectivity index (χ0n) is 9.51. The van der Waals surface area contributed by atoms with E-state index in [1.54, 1.807) is 24.3 Å². The Morgan fingerprint density at radius 2 is 1.94 bits per heavy atom. The van der Waals surface area contributed by atoms with Crippen LogP contribution >= 0.6 is 0 Å². The summed E-state index contributed by atoms with van der Waals surface area (Å²) in [4.78, 5) is 22.6. The van der Waals surface area contributed by atoms with Crippen molar-refractivity contribution in [3.8, 4) is 0 Å². The molecule has 0 saturated carbocycles. The minimum atomic E-state index is -0.434. The second kappa shape index (κ2) is 5.09. The fourth-order valence-corrected chi connectivity index (χ4v) is 1.34. The van der Waals surface area contributed by atoms with E-state index in [2.05, 4.69) is 25.6 Å². The quantitative estimate of drug-likeness (QED) is 0.850. The predicted molar refractivity (Wildman–Crippen MR) is 63.0 cm³/mol. The number of anilines is 2. The van der Waals surface area contributed by atoms with Crippen LogP contribution in [0.2, 0.25) is 0 Å². The first kappa shape index (κ1) is 11.8. The number of nitrogens with zero attached hydrogens (tertiary/aromatic N) is 2. The summed E-state index contributed by atoms with van der Waals surface area (Å²) in [6.45, 7) is 1.41. The maximum absolute atomic E-state index is 11.6. The minimum absolute atomic E-state index is 0.0833. The molecular weight excluding hydrogens is 236 g/mol. The van der Waals surface area contributed by atoms with Gasteiger partial charge >= 0.3 is 0 Å². The van der Waals surface area contributed by atoms with Gasteiger partial charge in [0.15, 0.2) is 5.69 Å². The Labute approximate surface area is 102 Å².